The monoisotopic (exact) mass is 301 g/mol. The summed E-state index contributed by atoms with van der Waals surface area (Å²) < 4.78 is 4.88. The first kappa shape index (κ1) is 14.2. The SMILES string of the molecule is CCOC(=O)C1=NN[C@H]2C(=O)N(Cc3ccccc3)C(=O)[C@@H]12. The van der Waals surface area contributed by atoms with Crippen LogP contribution in [-0.2, 0) is 25.7 Å². The molecule has 0 spiro atoms. The van der Waals surface area contributed by atoms with Crippen LogP contribution in [0.3, 0.4) is 0 Å². The first-order chi connectivity index (χ1) is 10.6. The van der Waals surface area contributed by atoms with E-state index in [0.29, 0.717) is 0 Å². The Morgan fingerprint density at radius 2 is 2.00 bits per heavy atom. The lowest BCUT2D eigenvalue weighted by Gasteiger charge is -2.15. The average molecular weight is 301 g/mol. The Kier molecular flexibility index (Phi) is 3.62. The predicted molar refractivity (Wildman–Crippen MR) is 76.5 cm³/mol. The Bertz CT molecular complexity index is 656. The minimum absolute atomic E-state index is 0.0271. The van der Waals surface area contributed by atoms with E-state index in [1.807, 2.05) is 30.3 Å². The van der Waals surface area contributed by atoms with Gasteiger partial charge in [0.1, 0.15) is 12.0 Å². The maximum absolute atomic E-state index is 12.5. The van der Waals surface area contributed by atoms with Crippen molar-refractivity contribution in [3.05, 3.63) is 35.9 Å². The lowest BCUT2D eigenvalue weighted by molar-refractivity contribution is -0.141. The number of ether oxygens (including phenoxy) is 1. The van der Waals surface area contributed by atoms with Gasteiger partial charge in [-0.2, -0.15) is 5.10 Å². The third kappa shape index (κ3) is 2.24. The number of esters is 1. The molecular formula is C15H15N3O4. The van der Waals surface area contributed by atoms with Crippen LogP contribution >= 0.6 is 0 Å². The number of hydrogen-bond donors (Lipinski definition) is 1. The number of imide groups is 1. The number of hydrazone groups is 1. The molecule has 0 aromatic heterocycles. The van der Waals surface area contributed by atoms with Crippen LogP contribution in [0.5, 0.6) is 0 Å². The van der Waals surface area contributed by atoms with Gasteiger partial charge in [0.05, 0.1) is 13.2 Å². The van der Waals surface area contributed by atoms with Crippen molar-refractivity contribution in [1.29, 1.82) is 0 Å². The zero-order valence-electron chi connectivity index (χ0n) is 12.0. The van der Waals surface area contributed by atoms with Crippen molar-refractivity contribution in [1.82, 2.24) is 10.3 Å². The molecule has 1 fully saturated rings. The van der Waals surface area contributed by atoms with E-state index in [0.717, 1.165) is 10.5 Å². The van der Waals surface area contributed by atoms with E-state index in [-0.39, 0.29) is 24.8 Å². The number of hydrogen-bond acceptors (Lipinski definition) is 6. The van der Waals surface area contributed by atoms with Crippen LogP contribution in [-0.4, -0.2) is 41.0 Å². The highest BCUT2D eigenvalue weighted by molar-refractivity contribution is 6.43. The second kappa shape index (κ2) is 5.59. The summed E-state index contributed by atoms with van der Waals surface area (Å²) in [4.78, 5) is 37.8. The maximum atomic E-state index is 12.5. The van der Waals surface area contributed by atoms with Crippen LogP contribution in [0.25, 0.3) is 0 Å². The Hall–Kier alpha value is -2.70. The summed E-state index contributed by atoms with van der Waals surface area (Å²) in [5.74, 6) is -2.35. The van der Waals surface area contributed by atoms with E-state index in [9.17, 15) is 14.4 Å². The molecule has 1 aromatic rings. The van der Waals surface area contributed by atoms with Gasteiger partial charge in [-0.1, -0.05) is 30.3 Å². The van der Waals surface area contributed by atoms with Crippen LogP contribution in [0, 0.1) is 5.92 Å². The van der Waals surface area contributed by atoms with Crippen LogP contribution in [0.4, 0.5) is 0 Å². The van der Waals surface area contributed by atoms with Crippen LogP contribution in [0.15, 0.2) is 35.4 Å². The van der Waals surface area contributed by atoms with Gasteiger partial charge in [-0.15, -0.1) is 0 Å². The molecule has 0 bridgehead atoms. The first-order valence-electron chi connectivity index (χ1n) is 7.03. The molecule has 0 saturated carbocycles. The van der Waals surface area contributed by atoms with Gasteiger partial charge in [-0.25, -0.2) is 4.79 Å². The molecule has 22 heavy (non-hydrogen) atoms. The largest absolute Gasteiger partial charge is 0.461 e. The molecule has 2 aliphatic rings. The van der Waals surface area contributed by atoms with Crippen molar-refractivity contribution in [2.24, 2.45) is 11.0 Å². The highest BCUT2D eigenvalue weighted by Crippen LogP contribution is 2.27. The fraction of sp³-hybridized carbons (Fsp3) is 0.333. The van der Waals surface area contributed by atoms with Gasteiger partial charge in [0.2, 0.25) is 5.91 Å². The highest BCUT2D eigenvalue weighted by atomic mass is 16.5. The summed E-state index contributed by atoms with van der Waals surface area (Å²) in [5.41, 5.74) is 3.40. The zero-order chi connectivity index (χ0) is 15.7. The molecule has 2 aliphatic heterocycles. The average Bonchev–Trinajstić information content (AvgIpc) is 3.05. The second-order valence-electron chi connectivity index (χ2n) is 5.05. The molecule has 3 rings (SSSR count). The van der Waals surface area contributed by atoms with E-state index in [1.165, 1.54) is 0 Å². The molecule has 0 radical (unpaired) electrons. The van der Waals surface area contributed by atoms with Crippen molar-refractivity contribution in [3.8, 4) is 0 Å². The molecule has 7 heteroatoms. The molecule has 1 saturated heterocycles. The molecule has 7 nitrogen and oxygen atoms in total. The lowest BCUT2D eigenvalue weighted by Crippen LogP contribution is -2.35. The molecule has 2 amide bonds. The quantitative estimate of drug-likeness (QED) is 0.628. The molecule has 0 unspecified atom stereocenters. The third-order valence-electron chi connectivity index (χ3n) is 3.68. The van der Waals surface area contributed by atoms with Crippen LogP contribution < -0.4 is 5.43 Å². The van der Waals surface area contributed by atoms with Gasteiger partial charge in [0.15, 0.2) is 5.71 Å². The molecule has 1 N–H and O–H groups in total. The van der Waals surface area contributed by atoms with Crippen molar-refractivity contribution in [3.63, 3.8) is 0 Å². The van der Waals surface area contributed by atoms with Gasteiger partial charge in [-0.05, 0) is 12.5 Å². The summed E-state index contributed by atoms with van der Waals surface area (Å²) in [7, 11) is 0. The Balaban J connectivity index is 1.80. The topological polar surface area (TPSA) is 88.1 Å². The van der Waals surface area contributed by atoms with E-state index < -0.39 is 23.8 Å². The number of nitrogens with zero attached hydrogens (tertiary/aromatic N) is 2. The van der Waals surface area contributed by atoms with E-state index in [4.69, 9.17) is 4.74 Å². The minimum atomic E-state index is -0.893. The summed E-state index contributed by atoms with van der Waals surface area (Å²) in [6.45, 7) is 2.04. The number of carbonyl (C=O) groups excluding carboxylic acids is 3. The molecule has 0 aliphatic carbocycles. The van der Waals surface area contributed by atoms with Crippen molar-refractivity contribution >= 4 is 23.5 Å². The smallest absolute Gasteiger partial charge is 0.355 e. The Labute approximate surface area is 126 Å². The van der Waals surface area contributed by atoms with Gasteiger partial charge in [-0.3, -0.25) is 19.9 Å². The summed E-state index contributed by atoms with van der Waals surface area (Å²) in [6.07, 6.45) is 0. The Morgan fingerprint density at radius 1 is 1.27 bits per heavy atom. The lowest BCUT2D eigenvalue weighted by atomic mass is 9.99. The summed E-state index contributed by atoms with van der Waals surface area (Å²) >= 11 is 0. The summed E-state index contributed by atoms with van der Waals surface area (Å²) in [5, 5.41) is 3.80. The highest BCUT2D eigenvalue weighted by Gasteiger charge is 2.55. The van der Waals surface area contributed by atoms with Crippen LogP contribution in [0.2, 0.25) is 0 Å². The normalized spacial score (nSPS) is 23.1. The molecular weight excluding hydrogens is 286 g/mol. The number of amides is 2. The van der Waals surface area contributed by atoms with Gasteiger partial charge < -0.3 is 4.74 Å². The van der Waals surface area contributed by atoms with E-state index >= 15 is 0 Å². The fourth-order valence-corrected chi connectivity index (χ4v) is 2.64. The predicted octanol–water partition coefficient (Wildman–Crippen LogP) is 0.0625. The molecule has 114 valence electrons. The number of benzene rings is 1. The maximum Gasteiger partial charge on any atom is 0.355 e. The Morgan fingerprint density at radius 3 is 2.68 bits per heavy atom. The van der Waals surface area contributed by atoms with Gasteiger partial charge >= 0.3 is 5.97 Å². The third-order valence-corrected chi connectivity index (χ3v) is 3.68. The fourth-order valence-electron chi connectivity index (χ4n) is 2.64. The summed E-state index contributed by atoms with van der Waals surface area (Å²) in [6, 6.07) is 8.40. The van der Waals surface area contributed by atoms with Crippen molar-refractivity contribution in [2.45, 2.75) is 19.5 Å². The molecule has 2 atom stereocenters. The number of fused-ring (bicyclic) bond motifs is 1. The number of carbonyl (C=O) groups is 3. The van der Waals surface area contributed by atoms with Crippen molar-refractivity contribution in [2.75, 3.05) is 6.61 Å². The minimum Gasteiger partial charge on any atom is -0.461 e. The first-order valence-corrected chi connectivity index (χ1v) is 7.03. The second-order valence-corrected chi connectivity index (χ2v) is 5.05. The number of nitrogens with one attached hydrogen (secondary N) is 1. The number of rotatable bonds is 4. The van der Waals surface area contributed by atoms with Crippen molar-refractivity contribution < 1.29 is 19.1 Å². The molecule has 1 aromatic carbocycles. The molecule has 2 heterocycles. The van der Waals surface area contributed by atoms with E-state index in [2.05, 4.69) is 10.5 Å². The van der Waals surface area contributed by atoms with Gasteiger partial charge in [0.25, 0.3) is 5.91 Å². The standard InChI is InChI=1S/C15H15N3O4/c1-2-22-15(21)12-10-11(16-17-12)14(20)18(13(10)19)8-9-6-4-3-5-7-9/h3-7,10-11,16H,2,8H2,1H3/t10-,11-/m1/s1. The number of likely N-dealkylation sites (tertiary alicyclic amines) is 1. The van der Waals surface area contributed by atoms with Crippen LogP contribution in [0.1, 0.15) is 12.5 Å². The van der Waals surface area contributed by atoms with Gasteiger partial charge in [0, 0.05) is 0 Å². The van der Waals surface area contributed by atoms with E-state index in [1.54, 1.807) is 6.92 Å². The zero-order valence-corrected chi connectivity index (χ0v) is 12.0.